The quantitative estimate of drug-likeness (QED) is 0.778. The zero-order valence-electron chi connectivity index (χ0n) is 8.12. The van der Waals surface area contributed by atoms with E-state index in [0.29, 0.717) is 5.56 Å². The van der Waals surface area contributed by atoms with Crippen molar-refractivity contribution >= 4 is 29.2 Å². The van der Waals surface area contributed by atoms with Crippen molar-refractivity contribution in [1.29, 1.82) is 0 Å². The van der Waals surface area contributed by atoms with Gasteiger partial charge in [0.1, 0.15) is 13.1 Å². The van der Waals surface area contributed by atoms with E-state index >= 15 is 0 Å². The Morgan fingerprint density at radius 1 is 1.19 bits per heavy atom. The van der Waals surface area contributed by atoms with Crippen molar-refractivity contribution in [1.82, 2.24) is 4.90 Å². The Bertz CT molecular complexity index is 384. The third kappa shape index (κ3) is 3.35. The van der Waals surface area contributed by atoms with Crippen molar-refractivity contribution in [2.45, 2.75) is 0 Å². The van der Waals surface area contributed by atoms with Gasteiger partial charge in [-0.1, -0.05) is 0 Å². The van der Waals surface area contributed by atoms with Gasteiger partial charge in [-0.3, -0.25) is 14.4 Å². The lowest BCUT2D eigenvalue weighted by Crippen LogP contribution is -2.39. The first-order valence-corrected chi connectivity index (χ1v) is 5.20. The molecule has 0 atom stereocenters. The molecule has 1 rings (SSSR count). The number of thiophene rings is 1. The first kappa shape index (κ1) is 12.2. The number of nitrogens with zero attached hydrogens (tertiary/aromatic N) is 1. The lowest BCUT2D eigenvalue weighted by molar-refractivity contribution is -0.140. The Morgan fingerprint density at radius 3 is 2.12 bits per heavy atom. The first-order chi connectivity index (χ1) is 7.50. The van der Waals surface area contributed by atoms with Gasteiger partial charge in [-0.25, -0.2) is 0 Å². The molecule has 1 aromatic heterocycles. The number of rotatable bonds is 5. The van der Waals surface area contributed by atoms with Crippen LogP contribution in [0.2, 0.25) is 0 Å². The van der Waals surface area contributed by atoms with Crippen LogP contribution in [0.15, 0.2) is 16.8 Å². The molecule has 0 aliphatic carbocycles. The van der Waals surface area contributed by atoms with Crippen molar-refractivity contribution < 1.29 is 24.6 Å². The fourth-order valence-electron chi connectivity index (χ4n) is 1.09. The molecule has 0 spiro atoms. The summed E-state index contributed by atoms with van der Waals surface area (Å²) >= 11 is 1.28. The van der Waals surface area contributed by atoms with E-state index < -0.39 is 30.9 Å². The highest BCUT2D eigenvalue weighted by Crippen LogP contribution is 2.09. The Balaban J connectivity index is 2.79. The number of aliphatic carboxylic acids is 2. The maximum atomic E-state index is 11.7. The molecule has 0 saturated heterocycles. The molecule has 1 aromatic rings. The van der Waals surface area contributed by atoms with Gasteiger partial charge in [0, 0.05) is 5.38 Å². The van der Waals surface area contributed by atoms with Gasteiger partial charge in [0.05, 0.1) is 5.56 Å². The number of hydrogen-bond acceptors (Lipinski definition) is 4. The van der Waals surface area contributed by atoms with Crippen molar-refractivity contribution in [2.75, 3.05) is 13.1 Å². The van der Waals surface area contributed by atoms with Crippen LogP contribution < -0.4 is 0 Å². The normalized spacial score (nSPS) is 9.75. The molecule has 7 heteroatoms. The summed E-state index contributed by atoms with van der Waals surface area (Å²) < 4.78 is 0. The summed E-state index contributed by atoms with van der Waals surface area (Å²) in [5, 5.41) is 20.3. The summed E-state index contributed by atoms with van der Waals surface area (Å²) in [4.78, 5) is 33.4. The molecule has 0 fully saturated rings. The first-order valence-electron chi connectivity index (χ1n) is 4.25. The Labute approximate surface area is 94.7 Å². The van der Waals surface area contributed by atoms with E-state index in [-0.39, 0.29) is 0 Å². The zero-order valence-corrected chi connectivity index (χ0v) is 8.94. The van der Waals surface area contributed by atoms with E-state index in [0.717, 1.165) is 4.90 Å². The van der Waals surface area contributed by atoms with Crippen molar-refractivity contribution in [3.05, 3.63) is 22.4 Å². The highest BCUT2D eigenvalue weighted by Gasteiger charge is 2.21. The SMILES string of the molecule is O=C(O)CN(CC(=O)O)C(=O)c1ccsc1. The van der Waals surface area contributed by atoms with Gasteiger partial charge in [0.25, 0.3) is 5.91 Å². The number of carbonyl (C=O) groups excluding carboxylic acids is 1. The van der Waals surface area contributed by atoms with Crippen LogP contribution in [0.1, 0.15) is 10.4 Å². The van der Waals surface area contributed by atoms with Gasteiger partial charge in [0.15, 0.2) is 0 Å². The summed E-state index contributed by atoms with van der Waals surface area (Å²) in [5.41, 5.74) is 0.299. The molecule has 0 aliphatic rings. The van der Waals surface area contributed by atoms with E-state index in [9.17, 15) is 14.4 Å². The van der Waals surface area contributed by atoms with Gasteiger partial charge in [-0.05, 0) is 11.4 Å². The van der Waals surface area contributed by atoms with Gasteiger partial charge < -0.3 is 15.1 Å². The second-order valence-electron chi connectivity index (χ2n) is 2.96. The molecule has 16 heavy (non-hydrogen) atoms. The molecular weight excluding hydrogens is 234 g/mol. The minimum Gasteiger partial charge on any atom is -0.480 e. The predicted molar refractivity (Wildman–Crippen MR) is 55.5 cm³/mol. The molecule has 2 N–H and O–H groups in total. The number of carboxylic acids is 2. The van der Waals surface area contributed by atoms with Crippen LogP contribution in [0.5, 0.6) is 0 Å². The standard InChI is InChI=1S/C9H9NO5S/c11-7(12)3-10(4-8(13)14)9(15)6-1-2-16-5-6/h1-2,5H,3-4H2,(H,11,12)(H,13,14). The van der Waals surface area contributed by atoms with E-state index in [1.54, 1.807) is 10.8 Å². The van der Waals surface area contributed by atoms with Crippen LogP contribution >= 0.6 is 11.3 Å². The second kappa shape index (κ2) is 5.26. The number of carboxylic acid groups (broad SMARTS) is 2. The van der Waals surface area contributed by atoms with Crippen LogP contribution in [0.3, 0.4) is 0 Å². The fraction of sp³-hybridized carbons (Fsp3) is 0.222. The summed E-state index contributed by atoms with van der Waals surface area (Å²) in [6, 6.07) is 1.52. The molecule has 86 valence electrons. The minimum atomic E-state index is -1.25. The topological polar surface area (TPSA) is 94.9 Å². The average molecular weight is 243 g/mol. The van der Waals surface area contributed by atoms with Gasteiger partial charge >= 0.3 is 11.9 Å². The maximum Gasteiger partial charge on any atom is 0.323 e. The Kier molecular flexibility index (Phi) is 4.01. The van der Waals surface area contributed by atoms with E-state index in [1.165, 1.54) is 17.4 Å². The Morgan fingerprint density at radius 2 is 1.75 bits per heavy atom. The molecule has 0 aromatic carbocycles. The molecule has 0 radical (unpaired) electrons. The third-order valence-electron chi connectivity index (χ3n) is 1.71. The maximum absolute atomic E-state index is 11.7. The molecule has 6 nitrogen and oxygen atoms in total. The van der Waals surface area contributed by atoms with E-state index in [1.807, 2.05) is 0 Å². The molecule has 0 saturated carbocycles. The van der Waals surface area contributed by atoms with Crippen molar-refractivity contribution in [3.8, 4) is 0 Å². The highest BCUT2D eigenvalue weighted by molar-refractivity contribution is 7.08. The van der Waals surface area contributed by atoms with Crippen LogP contribution in [0, 0.1) is 0 Å². The van der Waals surface area contributed by atoms with Gasteiger partial charge in [-0.2, -0.15) is 11.3 Å². The van der Waals surface area contributed by atoms with Crippen molar-refractivity contribution in [3.63, 3.8) is 0 Å². The smallest absolute Gasteiger partial charge is 0.323 e. The van der Waals surface area contributed by atoms with Crippen LogP contribution in [-0.2, 0) is 9.59 Å². The number of hydrogen-bond donors (Lipinski definition) is 2. The van der Waals surface area contributed by atoms with Crippen LogP contribution in [-0.4, -0.2) is 46.0 Å². The average Bonchev–Trinajstić information content (AvgIpc) is 2.66. The van der Waals surface area contributed by atoms with Crippen LogP contribution in [0.4, 0.5) is 0 Å². The van der Waals surface area contributed by atoms with Crippen LogP contribution in [0.25, 0.3) is 0 Å². The molecule has 0 aliphatic heterocycles. The number of carbonyl (C=O) groups is 3. The predicted octanol–water partition coefficient (Wildman–Crippen LogP) is 0.360. The van der Waals surface area contributed by atoms with E-state index in [4.69, 9.17) is 10.2 Å². The monoisotopic (exact) mass is 243 g/mol. The molecule has 0 unspecified atom stereocenters. The largest absolute Gasteiger partial charge is 0.480 e. The summed E-state index contributed by atoms with van der Waals surface area (Å²) in [7, 11) is 0. The lowest BCUT2D eigenvalue weighted by atomic mass is 10.3. The van der Waals surface area contributed by atoms with E-state index in [2.05, 4.69) is 0 Å². The van der Waals surface area contributed by atoms with Gasteiger partial charge in [-0.15, -0.1) is 0 Å². The molecule has 1 amide bonds. The third-order valence-corrected chi connectivity index (χ3v) is 2.39. The zero-order chi connectivity index (χ0) is 12.1. The second-order valence-corrected chi connectivity index (χ2v) is 3.74. The van der Waals surface area contributed by atoms with Gasteiger partial charge in [0.2, 0.25) is 0 Å². The highest BCUT2D eigenvalue weighted by atomic mass is 32.1. The Hall–Kier alpha value is -1.89. The summed E-state index contributed by atoms with van der Waals surface area (Å²) in [6.45, 7) is -1.25. The molecular formula is C9H9NO5S. The van der Waals surface area contributed by atoms with Crippen molar-refractivity contribution in [2.24, 2.45) is 0 Å². The molecule has 0 bridgehead atoms. The molecule has 1 heterocycles. The lowest BCUT2D eigenvalue weighted by Gasteiger charge is -2.17. The minimum absolute atomic E-state index is 0.299. The number of amides is 1. The summed E-state index contributed by atoms with van der Waals surface area (Å²) in [5.74, 6) is -3.08. The fourth-order valence-corrected chi connectivity index (χ4v) is 1.72. The summed E-state index contributed by atoms with van der Waals surface area (Å²) in [6.07, 6.45) is 0.